The predicted molar refractivity (Wildman–Crippen MR) is 212 cm³/mol. The monoisotopic (exact) mass is 649 g/mol. The molecule has 12 rings (SSSR count). The average molecular weight is 650 g/mol. The Kier molecular flexibility index (Phi) is 5.17. The van der Waals surface area contributed by atoms with Crippen molar-refractivity contribution >= 4 is 92.7 Å². The summed E-state index contributed by atoms with van der Waals surface area (Å²) < 4.78 is 7.01. The molecule has 4 heterocycles. The van der Waals surface area contributed by atoms with Crippen molar-refractivity contribution in [1.29, 1.82) is 0 Å². The maximum atomic E-state index is 5.41. The zero-order valence-corrected chi connectivity index (χ0v) is 27.3. The molecule has 0 N–H and O–H groups in total. The van der Waals surface area contributed by atoms with E-state index in [0.29, 0.717) is 0 Å². The Balaban J connectivity index is 1.25. The maximum absolute atomic E-state index is 5.41. The van der Waals surface area contributed by atoms with Crippen molar-refractivity contribution in [3.05, 3.63) is 164 Å². The predicted octanol–water partition coefficient (Wildman–Crippen LogP) is 11.5. The van der Waals surface area contributed by atoms with Gasteiger partial charge in [-0.15, -0.1) is 0 Å². The first-order valence-electron chi connectivity index (χ1n) is 17.4. The van der Waals surface area contributed by atoms with Crippen LogP contribution < -0.4 is 0 Å². The van der Waals surface area contributed by atoms with E-state index in [1.54, 1.807) is 0 Å². The van der Waals surface area contributed by atoms with Crippen LogP contribution in [-0.2, 0) is 0 Å². The number of fused-ring (bicyclic) bond motifs is 15. The summed E-state index contributed by atoms with van der Waals surface area (Å²) in [5.74, 6) is 0.823. The van der Waals surface area contributed by atoms with Crippen LogP contribution >= 0.6 is 0 Å². The molecule has 51 heavy (non-hydrogen) atoms. The second kappa shape index (κ2) is 9.80. The van der Waals surface area contributed by atoms with Crippen LogP contribution in [0.3, 0.4) is 0 Å². The summed E-state index contributed by atoms with van der Waals surface area (Å²) in [6.07, 6.45) is 0. The van der Waals surface area contributed by atoms with Crippen LogP contribution in [-0.4, -0.2) is 23.5 Å². The molecule has 4 aromatic heterocycles. The molecule has 0 aliphatic rings. The summed E-state index contributed by atoms with van der Waals surface area (Å²) in [6.45, 7) is 0. The van der Waals surface area contributed by atoms with Crippen molar-refractivity contribution in [2.24, 2.45) is 0 Å². The maximum Gasteiger partial charge on any atom is 0.221 e. The molecule has 0 saturated heterocycles. The highest BCUT2D eigenvalue weighted by atomic mass is 15.2. The van der Waals surface area contributed by atoms with E-state index in [0.717, 1.165) is 50.3 Å². The fourth-order valence-corrected chi connectivity index (χ4v) is 8.63. The second-order valence-corrected chi connectivity index (χ2v) is 13.4. The molecule has 0 fully saturated rings. The fourth-order valence-electron chi connectivity index (χ4n) is 8.63. The van der Waals surface area contributed by atoms with Gasteiger partial charge in [-0.3, -0.25) is 8.97 Å². The van der Waals surface area contributed by atoms with E-state index in [2.05, 4.69) is 177 Å². The summed E-state index contributed by atoms with van der Waals surface area (Å²) in [5, 5.41) is 10.9. The molecule has 0 spiro atoms. The van der Waals surface area contributed by atoms with E-state index in [1.165, 1.54) is 54.1 Å². The number of benzene rings is 8. The Labute approximate surface area is 290 Å². The molecule has 0 bridgehead atoms. The van der Waals surface area contributed by atoms with Crippen molar-refractivity contribution in [2.45, 2.75) is 0 Å². The molecule has 5 nitrogen and oxygen atoms in total. The molecule has 12 aromatic rings. The number of rotatable bonds is 2. The third-order valence-corrected chi connectivity index (χ3v) is 10.8. The molecule has 0 saturated carbocycles. The molecule has 0 radical (unpaired) electrons. The van der Waals surface area contributed by atoms with Crippen molar-refractivity contribution in [3.63, 3.8) is 0 Å². The first-order chi connectivity index (χ1) is 25.3. The van der Waals surface area contributed by atoms with Crippen molar-refractivity contribution in [1.82, 2.24) is 23.5 Å². The second-order valence-electron chi connectivity index (χ2n) is 13.4. The first-order valence-corrected chi connectivity index (χ1v) is 17.4. The van der Waals surface area contributed by atoms with E-state index >= 15 is 0 Å². The average Bonchev–Trinajstić information content (AvgIpc) is 3.86. The lowest BCUT2D eigenvalue weighted by Crippen LogP contribution is -2.06. The summed E-state index contributed by atoms with van der Waals surface area (Å²) in [6, 6.07) is 58.8. The zero-order valence-electron chi connectivity index (χ0n) is 27.3. The Hall–Kier alpha value is -6.98. The van der Waals surface area contributed by atoms with E-state index in [-0.39, 0.29) is 0 Å². The first kappa shape index (κ1) is 26.9. The summed E-state index contributed by atoms with van der Waals surface area (Å²) in [5.41, 5.74) is 9.52. The summed E-state index contributed by atoms with van der Waals surface area (Å²) in [4.78, 5) is 10.6. The quantitative estimate of drug-likeness (QED) is 0.187. The molecule has 0 unspecified atom stereocenters. The van der Waals surface area contributed by atoms with Crippen LogP contribution in [0.5, 0.6) is 0 Å². The number of nitrogens with zero attached hydrogens (tertiary/aromatic N) is 5. The Bertz CT molecular complexity index is 3430. The normalized spacial score (nSPS) is 12.3. The van der Waals surface area contributed by atoms with Crippen LogP contribution in [0.1, 0.15) is 0 Å². The van der Waals surface area contributed by atoms with Gasteiger partial charge in [0.05, 0.1) is 38.6 Å². The van der Waals surface area contributed by atoms with Crippen LogP contribution in [0.25, 0.3) is 104 Å². The fraction of sp³-hybridized carbons (Fsp3) is 0. The topological polar surface area (TPSA) is 40.0 Å². The van der Waals surface area contributed by atoms with Gasteiger partial charge in [-0.05, 0) is 82.2 Å². The van der Waals surface area contributed by atoms with Crippen LogP contribution in [0.15, 0.2) is 164 Å². The van der Waals surface area contributed by atoms with Crippen molar-refractivity contribution < 1.29 is 0 Å². The smallest absolute Gasteiger partial charge is 0.221 e. The minimum Gasteiger partial charge on any atom is -0.309 e. The molecule has 0 aliphatic carbocycles. The lowest BCUT2D eigenvalue weighted by Gasteiger charge is -2.13. The molecular formula is C46H27N5. The Morgan fingerprint density at radius 1 is 0.353 bits per heavy atom. The highest BCUT2D eigenvalue weighted by Crippen LogP contribution is 2.41. The van der Waals surface area contributed by atoms with Gasteiger partial charge in [0, 0.05) is 32.6 Å². The zero-order chi connectivity index (χ0) is 33.2. The standard InChI is InChI=1S/C46H27N5/c1-3-13-31-28(11-1)21-24-41-43(31)34-16-6-9-19-38(34)49(41)30-23-26-39-35(27-30)44-32-14-4-2-12-29(32)22-25-42(44)50(39)46-48-36-17-7-5-15-33(36)45-47-37-18-8-10-20-40(37)51(45)46/h1-27H. The number of hydrogen-bond donors (Lipinski definition) is 0. The number of hydrogen-bond acceptors (Lipinski definition) is 2. The van der Waals surface area contributed by atoms with Gasteiger partial charge in [-0.1, -0.05) is 103 Å². The van der Waals surface area contributed by atoms with E-state index in [1.807, 2.05) is 0 Å². The lowest BCUT2D eigenvalue weighted by atomic mass is 10.0. The summed E-state index contributed by atoms with van der Waals surface area (Å²) >= 11 is 0. The molecule has 0 amide bonds. The van der Waals surface area contributed by atoms with Crippen LogP contribution in [0.2, 0.25) is 0 Å². The van der Waals surface area contributed by atoms with E-state index in [9.17, 15) is 0 Å². The van der Waals surface area contributed by atoms with Gasteiger partial charge in [0.25, 0.3) is 0 Å². The van der Waals surface area contributed by atoms with Gasteiger partial charge >= 0.3 is 0 Å². The highest BCUT2D eigenvalue weighted by Gasteiger charge is 2.22. The lowest BCUT2D eigenvalue weighted by molar-refractivity contribution is 0.979. The van der Waals surface area contributed by atoms with Gasteiger partial charge < -0.3 is 4.57 Å². The number of para-hydroxylation sites is 4. The third kappa shape index (κ3) is 3.54. The highest BCUT2D eigenvalue weighted by molar-refractivity contribution is 6.23. The van der Waals surface area contributed by atoms with Crippen molar-refractivity contribution in [2.75, 3.05) is 0 Å². The Morgan fingerprint density at radius 3 is 1.67 bits per heavy atom. The number of aromatic nitrogens is 5. The Morgan fingerprint density at radius 2 is 0.902 bits per heavy atom. The largest absolute Gasteiger partial charge is 0.309 e. The van der Waals surface area contributed by atoms with Gasteiger partial charge in [-0.2, -0.15) is 0 Å². The SMILES string of the molecule is c1ccc2c(c1)ccc1c2c2ccccc2n1-c1ccc2c(c1)c1c3ccccc3ccc1n2-c1nc2ccccc2c2nc3ccccc3n12. The minimum absolute atomic E-state index is 0.823. The van der Waals surface area contributed by atoms with Gasteiger partial charge in [-0.25, -0.2) is 9.97 Å². The van der Waals surface area contributed by atoms with Crippen LogP contribution in [0, 0.1) is 0 Å². The van der Waals surface area contributed by atoms with Gasteiger partial charge in [0.15, 0.2) is 0 Å². The minimum atomic E-state index is 0.823. The molecule has 236 valence electrons. The molecule has 0 atom stereocenters. The van der Waals surface area contributed by atoms with Crippen LogP contribution in [0.4, 0.5) is 0 Å². The van der Waals surface area contributed by atoms with E-state index < -0.39 is 0 Å². The molecule has 8 aromatic carbocycles. The molecule has 0 aliphatic heterocycles. The van der Waals surface area contributed by atoms with Gasteiger partial charge in [0.1, 0.15) is 5.65 Å². The third-order valence-electron chi connectivity index (χ3n) is 10.8. The molecular weight excluding hydrogens is 623 g/mol. The van der Waals surface area contributed by atoms with E-state index in [4.69, 9.17) is 9.97 Å². The van der Waals surface area contributed by atoms with Gasteiger partial charge in [0.2, 0.25) is 5.95 Å². The number of imidazole rings is 1. The molecule has 5 heteroatoms. The van der Waals surface area contributed by atoms with Crippen molar-refractivity contribution in [3.8, 4) is 11.6 Å². The summed E-state index contributed by atoms with van der Waals surface area (Å²) in [7, 11) is 0.